The number of nitrogens with zero attached hydrogens (tertiary/aromatic N) is 1. The molecule has 3 atom stereocenters. The summed E-state index contributed by atoms with van der Waals surface area (Å²) >= 11 is 0. The predicted molar refractivity (Wildman–Crippen MR) is 144 cm³/mol. The summed E-state index contributed by atoms with van der Waals surface area (Å²) in [6, 6.07) is 12.2. The lowest BCUT2D eigenvalue weighted by molar-refractivity contribution is -0.141. The van der Waals surface area contributed by atoms with Crippen LogP contribution in [0.3, 0.4) is 0 Å². The number of carbonyl (C=O) groups is 3. The average Bonchev–Trinajstić information content (AvgIpc) is 2.80. The maximum absolute atomic E-state index is 13.9. The summed E-state index contributed by atoms with van der Waals surface area (Å²) in [5.74, 6) is -0.947. The van der Waals surface area contributed by atoms with E-state index in [1.54, 1.807) is 45.9 Å². The fourth-order valence-electron chi connectivity index (χ4n) is 4.13. The number of aryl methyl sites for hydroxylation is 1. The Balaban J connectivity index is 2.45. The molecular weight excluding hydrogens is 470 g/mol. The molecule has 8 nitrogen and oxygen atoms in total. The zero-order valence-corrected chi connectivity index (χ0v) is 23.0. The van der Waals surface area contributed by atoms with Gasteiger partial charge in [-0.3, -0.25) is 9.59 Å². The molecule has 0 bridgehead atoms. The Morgan fingerprint density at radius 2 is 1.68 bits per heavy atom. The van der Waals surface area contributed by atoms with Gasteiger partial charge in [-0.15, -0.1) is 0 Å². The minimum atomic E-state index is -1.11. The predicted octanol–water partition coefficient (Wildman–Crippen LogP) is 4.64. The molecule has 0 saturated carbocycles. The first-order valence-corrected chi connectivity index (χ1v) is 12.7. The summed E-state index contributed by atoms with van der Waals surface area (Å²) in [6.07, 6.45) is 1.12. The lowest BCUT2D eigenvalue weighted by Gasteiger charge is -2.33. The maximum Gasteiger partial charge on any atom is 0.408 e. The van der Waals surface area contributed by atoms with E-state index in [4.69, 9.17) is 4.74 Å². The van der Waals surface area contributed by atoms with Crippen molar-refractivity contribution in [3.8, 4) is 5.75 Å². The lowest BCUT2D eigenvalue weighted by atomic mass is 9.98. The molecule has 0 aliphatic carbocycles. The Bertz CT molecular complexity index is 1060. The molecule has 2 aromatic rings. The molecule has 0 radical (unpaired) electrons. The highest BCUT2D eigenvalue weighted by atomic mass is 16.6. The van der Waals surface area contributed by atoms with E-state index < -0.39 is 35.6 Å². The summed E-state index contributed by atoms with van der Waals surface area (Å²) in [7, 11) is 1.51. The van der Waals surface area contributed by atoms with Crippen molar-refractivity contribution >= 4 is 17.9 Å². The number of hydrogen-bond donors (Lipinski definition) is 3. The number of aromatic hydroxyl groups is 1. The van der Waals surface area contributed by atoms with Crippen LogP contribution in [-0.4, -0.2) is 52.6 Å². The Labute approximate surface area is 220 Å². The molecule has 3 amide bonds. The van der Waals surface area contributed by atoms with Crippen molar-refractivity contribution in [1.29, 1.82) is 0 Å². The van der Waals surface area contributed by atoms with Crippen molar-refractivity contribution in [2.24, 2.45) is 0 Å². The van der Waals surface area contributed by atoms with Crippen LogP contribution >= 0.6 is 0 Å². The minimum absolute atomic E-state index is 0.0508. The first-order valence-electron chi connectivity index (χ1n) is 12.7. The van der Waals surface area contributed by atoms with Gasteiger partial charge in [-0.2, -0.15) is 0 Å². The van der Waals surface area contributed by atoms with Crippen LogP contribution in [0.2, 0.25) is 0 Å². The highest BCUT2D eigenvalue weighted by molar-refractivity contribution is 5.92. The molecular formula is C29H41N3O5. The molecule has 202 valence electrons. The van der Waals surface area contributed by atoms with Gasteiger partial charge in [-0.25, -0.2) is 4.79 Å². The fourth-order valence-corrected chi connectivity index (χ4v) is 4.13. The van der Waals surface area contributed by atoms with E-state index in [1.807, 2.05) is 44.2 Å². The van der Waals surface area contributed by atoms with Crippen molar-refractivity contribution in [3.63, 3.8) is 0 Å². The smallest absolute Gasteiger partial charge is 0.408 e. The Hall–Kier alpha value is -3.55. The molecule has 0 fully saturated rings. The standard InChI is InChI=1S/C29H41N3O5/c1-8-13-20(3)30-26(34)24(22-17-12-14-19(2)25(22)33)32(7)27(35)23(18-21-15-10-9-11-16-21)31-28(36)37-29(4,5)6/h9-12,14-17,20,23-24,33H,8,13,18H2,1-7H3,(H,30,34)(H,31,36). The number of amides is 3. The van der Waals surface area contributed by atoms with Gasteiger partial charge in [0.1, 0.15) is 23.4 Å². The van der Waals surface area contributed by atoms with Gasteiger partial charge < -0.3 is 25.4 Å². The van der Waals surface area contributed by atoms with Crippen LogP contribution < -0.4 is 10.6 Å². The number of likely N-dealkylation sites (N-methyl/N-ethyl adjacent to an activating group) is 1. The molecule has 3 unspecified atom stereocenters. The first kappa shape index (κ1) is 29.7. The van der Waals surface area contributed by atoms with E-state index in [2.05, 4.69) is 10.6 Å². The average molecular weight is 512 g/mol. The molecule has 0 aliphatic rings. The molecule has 2 rings (SSSR count). The number of nitrogens with one attached hydrogen (secondary N) is 2. The monoisotopic (exact) mass is 511 g/mol. The normalized spacial score (nSPS) is 13.7. The molecule has 37 heavy (non-hydrogen) atoms. The Kier molecular flexibility index (Phi) is 10.5. The van der Waals surface area contributed by atoms with Crippen molar-refractivity contribution in [2.45, 2.75) is 84.5 Å². The number of phenols is 1. The van der Waals surface area contributed by atoms with Gasteiger partial charge >= 0.3 is 6.09 Å². The van der Waals surface area contributed by atoms with Gasteiger partial charge in [0.05, 0.1) is 0 Å². The second-order valence-electron chi connectivity index (χ2n) is 10.5. The van der Waals surface area contributed by atoms with Crippen LogP contribution in [-0.2, 0) is 20.7 Å². The second-order valence-corrected chi connectivity index (χ2v) is 10.5. The Morgan fingerprint density at radius 3 is 2.27 bits per heavy atom. The lowest BCUT2D eigenvalue weighted by Crippen LogP contribution is -2.53. The highest BCUT2D eigenvalue weighted by Crippen LogP contribution is 2.31. The van der Waals surface area contributed by atoms with Crippen LogP contribution in [0.25, 0.3) is 0 Å². The van der Waals surface area contributed by atoms with Crippen LogP contribution in [0, 0.1) is 6.92 Å². The van der Waals surface area contributed by atoms with Crippen molar-refractivity contribution in [3.05, 3.63) is 65.2 Å². The molecule has 0 aliphatic heterocycles. The maximum atomic E-state index is 13.9. The van der Waals surface area contributed by atoms with Crippen molar-refractivity contribution in [1.82, 2.24) is 15.5 Å². The summed E-state index contributed by atoms with van der Waals surface area (Å²) in [5.41, 5.74) is 0.987. The van der Waals surface area contributed by atoms with E-state index in [1.165, 1.54) is 11.9 Å². The zero-order valence-electron chi connectivity index (χ0n) is 23.0. The minimum Gasteiger partial charge on any atom is -0.507 e. The second kappa shape index (κ2) is 13.1. The zero-order chi connectivity index (χ0) is 27.8. The number of phenolic OH excluding ortho intramolecular Hbond substituents is 1. The molecule has 8 heteroatoms. The van der Waals surface area contributed by atoms with Crippen LogP contribution in [0.5, 0.6) is 5.75 Å². The molecule has 0 aromatic heterocycles. The summed E-state index contributed by atoms with van der Waals surface area (Å²) in [6.45, 7) is 10.9. The van der Waals surface area contributed by atoms with E-state index in [9.17, 15) is 19.5 Å². The number of rotatable bonds is 10. The number of alkyl carbamates (subject to hydrolysis) is 1. The van der Waals surface area contributed by atoms with Crippen molar-refractivity contribution in [2.75, 3.05) is 7.05 Å². The molecule has 0 spiro atoms. The highest BCUT2D eigenvalue weighted by Gasteiger charge is 2.36. The molecule has 2 aromatic carbocycles. The van der Waals surface area contributed by atoms with Gasteiger partial charge in [-0.05, 0) is 52.2 Å². The third kappa shape index (κ3) is 8.81. The Morgan fingerprint density at radius 1 is 1.03 bits per heavy atom. The number of hydrogen-bond acceptors (Lipinski definition) is 5. The largest absolute Gasteiger partial charge is 0.507 e. The number of ether oxygens (including phenoxy) is 1. The van der Waals surface area contributed by atoms with Gasteiger partial charge in [0.15, 0.2) is 0 Å². The van der Waals surface area contributed by atoms with Gasteiger partial charge in [0.25, 0.3) is 0 Å². The van der Waals surface area contributed by atoms with E-state index in [0.29, 0.717) is 11.1 Å². The first-order chi connectivity index (χ1) is 17.3. The number of para-hydroxylation sites is 1. The summed E-state index contributed by atoms with van der Waals surface area (Å²) in [4.78, 5) is 41.3. The van der Waals surface area contributed by atoms with Crippen LogP contribution in [0.15, 0.2) is 48.5 Å². The van der Waals surface area contributed by atoms with E-state index in [0.717, 1.165) is 18.4 Å². The van der Waals surface area contributed by atoms with E-state index in [-0.39, 0.29) is 18.2 Å². The van der Waals surface area contributed by atoms with Gasteiger partial charge in [-0.1, -0.05) is 61.9 Å². The molecule has 0 saturated heterocycles. The SMILES string of the molecule is CCCC(C)NC(=O)C(c1cccc(C)c1O)N(C)C(=O)C(Cc1ccccc1)NC(=O)OC(C)(C)C. The molecule has 3 N–H and O–H groups in total. The fraction of sp³-hybridized carbons (Fsp3) is 0.483. The third-order valence-electron chi connectivity index (χ3n) is 5.93. The summed E-state index contributed by atoms with van der Waals surface area (Å²) < 4.78 is 5.40. The van der Waals surface area contributed by atoms with E-state index >= 15 is 0 Å². The van der Waals surface area contributed by atoms with Crippen LogP contribution in [0.1, 0.15) is 70.2 Å². The van der Waals surface area contributed by atoms with Crippen molar-refractivity contribution < 1.29 is 24.2 Å². The molecule has 0 heterocycles. The summed E-state index contributed by atoms with van der Waals surface area (Å²) in [5, 5.41) is 16.5. The topological polar surface area (TPSA) is 108 Å². The van der Waals surface area contributed by atoms with Crippen LogP contribution in [0.4, 0.5) is 4.79 Å². The number of carbonyl (C=O) groups excluding carboxylic acids is 3. The quantitative estimate of drug-likeness (QED) is 0.431. The van der Waals surface area contributed by atoms with Gasteiger partial charge in [0, 0.05) is 25.1 Å². The number of benzene rings is 2. The third-order valence-corrected chi connectivity index (χ3v) is 5.93. The van der Waals surface area contributed by atoms with Gasteiger partial charge in [0.2, 0.25) is 11.8 Å².